The zero-order valence-electron chi connectivity index (χ0n) is 10.2. The van der Waals surface area contributed by atoms with Crippen molar-refractivity contribution in [1.29, 1.82) is 0 Å². The number of carbonyl (C=O) groups excluding carboxylic acids is 1. The molecule has 3 nitrogen and oxygen atoms in total. The lowest BCUT2D eigenvalue weighted by Crippen LogP contribution is -2.08. The minimum absolute atomic E-state index is 0.0402. The molecule has 0 saturated heterocycles. The molecule has 0 aliphatic rings. The van der Waals surface area contributed by atoms with Crippen molar-refractivity contribution >= 4 is 11.7 Å². The monoisotopic (exact) mass is 239 g/mol. The van der Waals surface area contributed by atoms with Gasteiger partial charge in [0.15, 0.2) is 0 Å². The molecule has 0 saturated carbocycles. The van der Waals surface area contributed by atoms with E-state index in [1.54, 1.807) is 0 Å². The predicted octanol–water partition coefficient (Wildman–Crippen LogP) is 3.00. The van der Waals surface area contributed by atoms with Crippen molar-refractivity contribution in [3.8, 4) is 0 Å². The van der Waals surface area contributed by atoms with Gasteiger partial charge in [-0.15, -0.1) is 0 Å². The van der Waals surface area contributed by atoms with E-state index in [1.165, 1.54) is 18.2 Å². The van der Waals surface area contributed by atoms with E-state index in [1.807, 2.05) is 0 Å². The highest BCUT2D eigenvalue weighted by molar-refractivity contribution is 5.90. The van der Waals surface area contributed by atoms with Crippen LogP contribution in [-0.2, 0) is 4.74 Å². The van der Waals surface area contributed by atoms with Gasteiger partial charge in [-0.2, -0.15) is 0 Å². The summed E-state index contributed by atoms with van der Waals surface area (Å²) in [7, 11) is 0. The summed E-state index contributed by atoms with van der Waals surface area (Å²) in [5.74, 6) is -0.392. The fourth-order valence-corrected chi connectivity index (χ4v) is 1.41. The van der Waals surface area contributed by atoms with E-state index >= 15 is 0 Å². The van der Waals surface area contributed by atoms with E-state index in [9.17, 15) is 9.18 Å². The summed E-state index contributed by atoms with van der Waals surface area (Å²) in [5, 5.41) is 0. The Bertz CT molecular complexity index is 391. The molecule has 0 heterocycles. The Morgan fingerprint density at radius 1 is 1.47 bits per heavy atom. The molecule has 94 valence electrons. The fourth-order valence-electron chi connectivity index (χ4n) is 1.41. The van der Waals surface area contributed by atoms with E-state index in [2.05, 4.69) is 13.8 Å². The van der Waals surface area contributed by atoms with Gasteiger partial charge in [0.1, 0.15) is 5.82 Å². The van der Waals surface area contributed by atoms with E-state index < -0.39 is 11.8 Å². The number of anilines is 1. The van der Waals surface area contributed by atoms with Crippen LogP contribution in [0.5, 0.6) is 0 Å². The molecule has 0 spiro atoms. The number of ether oxygens (including phenoxy) is 1. The van der Waals surface area contributed by atoms with E-state index in [4.69, 9.17) is 10.5 Å². The highest BCUT2D eigenvalue weighted by atomic mass is 19.1. The average Bonchev–Trinajstić information content (AvgIpc) is 2.27. The lowest BCUT2D eigenvalue weighted by molar-refractivity contribution is 0.0495. The van der Waals surface area contributed by atoms with Crippen LogP contribution < -0.4 is 5.73 Å². The Labute approximate surface area is 101 Å². The SMILES string of the molecule is CC(C)CCCOC(=O)c1ccc(F)c(N)c1. The number of esters is 1. The quantitative estimate of drug-likeness (QED) is 0.488. The Morgan fingerprint density at radius 3 is 2.76 bits per heavy atom. The zero-order chi connectivity index (χ0) is 12.8. The van der Waals surface area contributed by atoms with Crippen LogP contribution in [0, 0.1) is 11.7 Å². The first-order chi connectivity index (χ1) is 8.00. The summed E-state index contributed by atoms with van der Waals surface area (Å²) >= 11 is 0. The zero-order valence-corrected chi connectivity index (χ0v) is 10.2. The van der Waals surface area contributed by atoms with Gasteiger partial charge in [-0.05, 0) is 37.0 Å². The average molecular weight is 239 g/mol. The maximum Gasteiger partial charge on any atom is 0.338 e. The molecule has 1 rings (SSSR count). The van der Waals surface area contributed by atoms with E-state index in [-0.39, 0.29) is 11.3 Å². The van der Waals surface area contributed by atoms with Crippen LogP contribution in [0.2, 0.25) is 0 Å². The second-order valence-electron chi connectivity index (χ2n) is 4.41. The summed E-state index contributed by atoms with van der Waals surface area (Å²) in [6, 6.07) is 3.83. The first-order valence-corrected chi connectivity index (χ1v) is 5.73. The van der Waals surface area contributed by atoms with Crippen LogP contribution in [-0.4, -0.2) is 12.6 Å². The summed E-state index contributed by atoms with van der Waals surface area (Å²) < 4.78 is 17.9. The lowest BCUT2D eigenvalue weighted by atomic mass is 10.1. The van der Waals surface area contributed by atoms with Gasteiger partial charge in [-0.25, -0.2) is 9.18 Å². The molecule has 1 aromatic carbocycles. The molecule has 0 amide bonds. The van der Waals surface area contributed by atoms with Gasteiger partial charge >= 0.3 is 5.97 Å². The van der Waals surface area contributed by atoms with Crippen molar-refractivity contribution in [3.63, 3.8) is 0 Å². The Hall–Kier alpha value is -1.58. The van der Waals surface area contributed by atoms with Crippen LogP contribution in [0.4, 0.5) is 10.1 Å². The third-order valence-electron chi connectivity index (χ3n) is 2.39. The molecular weight excluding hydrogens is 221 g/mol. The summed E-state index contributed by atoms with van der Waals surface area (Å²) in [5.41, 5.74) is 5.62. The van der Waals surface area contributed by atoms with Crippen molar-refractivity contribution in [1.82, 2.24) is 0 Å². The summed E-state index contributed by atoms with van der Waals surface area (Å²) in [6.45, 7) is 4.61. The number of halogens is 1. The van der Waals surface area contributed by atoms with Crippen molar-refractivity contribution in [2.45, 2.75) is 26.7 Å². The normalized spacial score (nSPS) is 10.6. The standard InChI is InChI=1S/C13H18FNO2/c1-9(2)4-3-7-17-13(16)10-5-6-11(14)12(15)8-10/h5-6,8-9H,3-4,7,15H2,1-2H3. The van der Waals surface area contributed by atoms with Crippen LogP contribution >= 0.6 is 0 Å². The largest absolute Gasteiger partial charge is 0.462 e. The highest BCUT2D eigenvalue weighted by Crippen LogP contribution is 2.13. The van der Waals surface area contributed by atoms with Crippen LogP contribution in [0.25, 0.3) is 0 Å². The fraction of sp³-hybridized carbons (Fsp3) is 0.462. The highest BCUT2D eigenvalue weighted by Gasteiger charge is 2.09. The Balaban J connectivity index is 2.44. The second kappa shape index (κ2) is 6.23. The molecule has 17 heavy (non-hydrogen) atoms. The van der Waals surface area contributed by atoms with Crippen LogP contribution in [0.15, 0.2) is 18.2 Å². The third kappa shape index (κ3) is 4.43. The molecule has 1 aromatic rings. The van der Waals surface area contributed by atoms with Crippen LogP contribution in [0.3, 0.4) is 0 Å². The van der Waals surface area contributed by atoms with E-state index in [0.29, 0.717) is 12.5 Å². The predicted molar refractivity (Wildman–Crippen MR) is 65.2 cm³/mol. The number of hydrogen-bond donors (Lipinski definition) is 1. The molecule has 0 aliphatic heterocycles. The van der Waals surface area contributed by atoms with Gasteiger partial charge in [0.05, 0.1) is 17.9 Å². The van der Waals surface area contributed by atoms with Crippen molar-refractivity contribution in [2.75, 3.05) is 12.3 Å². The van der Waals surface area contributed by atoms with Gasteiger partial charge < -0.3 is 10.5 Å². The maximum absolute atomic E-state index is 12.9. The number of rotatable bonds is 5. The maximum atomic E-state index is 12.9. The van der Waals surface area contributed by atoms with Gasteiger partial charge in [0.25, 0.3) is 0 Å². The van der Waals surface area contributed by atoms with Gasteiger partial charge in [0.2, 0.25) is 0 Å². The van der Waals surface area contributed by atoms with Gasteiger partial charge in [-0.3, -0.25) is 0 Å². The molecule has 0 fully saturated rings. The van der Waals surface area contributed by atoms with Crippen molar-refractivity contribution in [2.24, 2.45) is 5.92 Å². The number of nitrogens with two attached hydrogens (primary N) is 1. The Morgan fingerprint density at radius 2 is 2.18 bits per heavy atom. The minimum atomic E-state index is -0.527. The molecule has 0 unspecified atom stereocenters. The summed E-state index contributed by atoms with van der Waals surface area (Å²) in [4.78, 5) is 11.6. The summed E-state index contributed by atoms with van der Waals surface area (Å²) in [6.07, 6.45) is 1.85. The number of nitrogen functional groups attached to an aromatic ring is 1. The van der Waals surface area contributed by atoms with E-state index in [0.717, 1.165) is 12.8 Å². The molecule has 2 N–H and O–H groups in total. The number of hydrogen-bond acceptors (Lipinski definition) is 3. The minimum Gasteiger partial charge on any atom is -0.462 e. The van der Waals surface area contributed by atoms with Gasteiger partial charge in [0, 0.05) is 0 Å². The lowest BCUT2D eigenvalue weighted by Gasteiger charge is -2.07. The van der Waals surface area contributed by atoms with Crippen LogP contribution in [0.1, 0.15) is 37.0 Å². The first-order valence-electron chi connectivity index (χ1n) is 5.73. The van der Waals surface area contributed by atoms with Gasteiger partial charge in [-0.1, -0.05) is 13.8 Å². The smallest absolute Gasteiger partial charge is 0.338 e. The molecule has 4 heteroatoms. The van der Waals surface area contributed by atoms with Crippen molar-refractivity contribution in [3.05, 3.63) is 29.6 Å². The Kier molecular flexibility index (Phi) is 4.94. The molecule has 0 radical (unpaired) electrons. The topological polar surface area (TPSA) is 52.3 Å². The number of benzene rings is 1. The van der Waals surface area contributed by atoms with Crippen molar-refractivity contribution < 1.29 is 13.9 Å². The molecular formula is C13H18FNO2. The molecule has 0 atom stereocenters. The molecule has 0 aliphatic carbocycles. The third-order valence-corrected chi connectivity index (χ3v) is 2.39. The number of carbonyl (C=O) groups is 1. The first kappa shape index (κ1) is 13.5. The molecule has 0 aromatic heterocycles. The molecule has 0 bridgehead atoms. The second-order valence-corrected chi connectivity index (χ2v) is 4.41.